The van der Waals surface area contributed by atoms with E-state index in [4.69, 9.17) is 14.3 Å². The van der Waals surface area contributed by atoms with Crippen LogP contribution in [-0.2, 0) is 0 Å². The Balaban J connectivity index is 1.93. The van der Waals surface area contributed by atoms with Gasteiger partial charge in [-0.15, -0.1) is 0 Å². The van der Waals surface area contributed by atoms with Crippen molar-refractivity contribution in [3.63, 3.8) is 0 Å². The molecule has 1 aliphatic heterocycles. The molecule has 0 spiro atoms. The van der Waals surface area contributed by atoms with Gasteiger partial charge in [-0.3, -0.25) is 4.98 Å². The number of furan rings is 1. The van der Waals surface area contributed by atoms with Crippen LogP contribution in [0.5, 0.6) is 5.75 Å². The number of carboxylic acids is 1. The summed E-state index contributed by atoms with van der Waals surface area (Å²) in [6, 6.07) is 5.50. The monoisotopic (exact) mass is 246 g/mol. The van der Waals surface area contributed by atoms with Crippen LogP contribution < -0.4 is 10.1 Å². The molecule has 0 saturated carbocycles. The molecule has 6 nitrogen and oxygen atoms in total. The second-order valence-corrected chi connectivity index (χ2v) is 3.85. The van der Waals surface area contributed by atoms with Crippen LogP contribution in [-0.4, -0.2) is 22.6 Å². The van der Waals surface area contributed by atoms with Crippen LogP contribution in [0.15, 0.2) is 35.1 Å². The van der Waals surface area contributed by atoms with Gasteiger partial charge in [-0.2, -0.15) is 0 Å². The fourth-order valence-electron chi connectivity index (χ4n) is 1.85. The quantitative estimate of drug-likeness (QED) is 0.842. The van der Waals surface area contributed by atoms with Crippen LogP contribution in [0.3, 0.4) is 0 Å². The van der Waals surface area contributed by atoms with Crippen LogP contribution in [0.4, 0.5) is 5.69 Å². The highest BCUT2D eigenvalue weighted by molar-refractivity contribution is 5.90. The summed E-state index contributed by atoms with van der Waals surface area (Å²) in [5.41, 5.74) is 1.30. The van der Waals surface area contributed by atoms with Gasteiger partial charge in [-0.25, -0.2) is 4.79 Å². The number of anilines is 1. The van der Waals surface area contributed by atoms with E-state index in [1.807, 2.05) is 18.2 Å². The van der Waals surface area contributed by atoms with Crippen LogP contribution in [0.1, 0.15) is 22.4 Å². The molecule has 0 bridgehead atoms. The number of aromatic nitrogens is 1. The molecule has 18 heavy (non-hydrogen) atoms. The largest absolute Gasteiger partial charge is 0.476 e. The van der Waals surface area contributed by atoms with E-state index in [0.29, 0.717) is 12.2 Å². The zero-order valence-electron chi connectivity index (χ0n) is 9.29. The molecule has 92 valence electrons. The molecule has 1 atom stereocenters. The van der Waals surface area contributed by atoms with Crippen molar-refractivity contribution in [2.45, 2.75) is 6.10 Å². The van der Waals surface area contributed by atoms with E-state index in [9.17, 15) is 4.79 Å². The smallest absolute Gasteiger partial charge is 0.375 e. The third-order valence-corrected chi connectivity index (χ3v) is 2.70. The first-order valence-corrected chi connectivity index (χ1v) is 5.42. The third kappa shape index (κ3) is 1.67. The topological polar surface area (TPSA) is 84.6 Å². The van der Waals surface area contributed by atoms with Gasteiger partial charge in [0.15, 0.2) is 11.9 Å². The summed E-state index contributed by atoms with van der Waals surface area (Å²) in [6.45, 7) is 0.516. The fraction of sp³-hybridized carbons (Fsp3) is 0.167. The number of hydrogen-bond donors (Lipinski definition) is 2. The first-order chi connectivity index (χ1) is 8.75. The zero-order valence-corrected chi connectivity index (χ0v) is 9.29. The lowest BCUT2D eigenvalue weighted by atomic mass is 10.2. The number of carboxylic acid groups (broad SMARTS) is 1. The van der Waals surface area contributed by atoms with Gasteiger partial charge in [0.05, 0.1) is 12.2 Å². The lowest BCUT2D eigenvalue weighted by Gasteiger charge is -2.24. The molecular weight excluding hydrogens is 236 g/mol. The molecule has 0 aliphatic carbocycles. The number of pyridine rings is 1. The average molecular weight is 246 g/mol. The summed E-state index contributed by atoms with van der Waals surface area (Å²) in [5.74, 6) is -1.12. The molecule has 0 radical (unpaired) electrons. The number of nitrogens with one attached hydrogen (secondary N) is 1. The van der Waals surface area contributed by atoms with E-state index in [-0.39, 0.29) is 17.6 Å². The Morgan fingerprint density at radius 2 is 2.39 bits per heavy atom. The van der Waals surface area contributed by atoms with E-state index in [0.717, 1.165) is 5.69 Å². The van der Waals surface area contributed by atoms with Crippen molar-refractivity contribution in [1.82, 2.24) is 4.98 Å². The second-order valence-electron chi connectivity index (χ2n) is 3.85. The van der Waals surface area contributed by atoms with Gasteiger partial charge in [0.25, 0.3) is 5.76 Å². The molecule has 2 aromatic rings. The maximum atomic E-state index is 11.0. The Morgan fingerprint density at radius 3 is 3.11 bits per heavy atom. The number of aromatic carboxylic acids is 1. The molecule has 3 heterocycles. The van der Waals surface area contributed by atoms with Gasteiger partial charge in [-0.1, -0.05) is 6.07 Å². The summed E-state index contributed by atoms with van der Waals surface area (Å²) in [5, 5.41) is 12.0. The molecule has 0 fully saturated rings. The molecule has 6 heteroatoms. The maximum Gasteiger partial charge on any atom is 0.375 e. The number of ether oxygens (including phenoxy) is 1. The van der Waals surface area contributed by atoms with Crippen LogP contribution in [0.2, 0.25) is 0 Å². The highest BCUT2D eigenvalue weighted by atomic mass is 16.5. The number of rotatable bonds is 2. The van der Waals surface area contributed by atoms with Gasteiger partial charge in [0, 0.05) is 6.20 Å². The van der Waals surface area contributed by atoms with Crippen molar-refractivity contribution >= 4 is 11.7 Å². The predicted molar refractivity (Wildman–Crippen MR) is 61.8 cm³/mol. The molecular formula is C12H10N2O4. The summed E-state index contributed by atoms with van der Waals surface area (Å²) >= 11 is 0. The van der Waals surface area contributed by atoms with Crippen LogP contribution in [0.25, 0.3) is 0 Å². The van der Waals surface area contributed by atoms with Crippen molar-refractivity contribution < 1.29 is 19.1 Å². The van der Waals surface area contributed by atoms with Crippen LogP contribution >= 0.6 is 0 Å². The van der Waals surface area contributed by atoms with Crippen molar-refractivity contribution in [3.05, 3.63) is 42.1 Å². The Bertz CT molecular complexity index is 579. The minimum Gasteiger partial charge on any atom is -0.476 e. The van der Waals surface area contributed by atoms with Crippen molar-refractivity contribution in [2.75, 3.05) is 11.9 Å². The lowest BCUT2D eigenvalue weighted by Crippen LogP contribution is -2.24. The SMILES string of the molecule is O=C(O)c1occ2c1OC(c1ccccn1)CN2. The standard InChI is InChI=1S/C12H10N2O4/c15-12(16)11-10-8(6-17-11)14-5-9(18-10)7-3-1-2-4-13-7/h1-4,6,9,14H,5H2,(H,15,16). The minimum absolute atomic E-state index is 0.196. The number of nitrogens with zero attached hydrogens (tertiary/aromatic N) is 1. The molecule has 3 rings (SSSR count). The molecule has 1 unspecified atom stereocenters. The van der Waals surface area contributed by atoms with Gasteiger partial charge < -0.3 is 19.6 Å². The normalized spacial score (nSPS) is 17.4. The van der Waals surface area contributed by atoms with Gasteiger partial charge in [-0.05, 0) is 12.1 Å². The number of fused-ring (bicyclic) bond motifs is 1. The Kier molecular flexibility index (Phi) is 2.40. The maximum absolute atomic E-state index is 11.0. The third-order valence-electron chi connectivity index (χ3n) is 2.70. The van der Waals surface area contributed by atoms with E-state index >= 15 is 0 Å². The molecule has 1 aliphatic rings. The van der Waals surface area contributed by atoms with Gasteiger partial charge >= 0.3 is 5.97 Å². The Hall–Kier alpha value is -2.50. The zero-order chi connectivity index (χ0) is 12.5. The van der Waals surface area contributed by atoms with Gasteiger partial charge in [0.2, 0.25) is 0 Å². The first kappa shape index (κ1) is 10.6. The Labute approximate surface area is 102 Å². The van der Waals surface area contributed by atoms with Crippen molar-refractivity contribution in [3.8, 4) is 5.75 Å². The molecule has 0 saturated heterocycles. The molecule has 0 aromatic carbocycles. The fourth-order valence-corrected chi connectivity index (χ4v) is 1.85. The summed E-state index contributed by atoms with van der Waals surface area (Å²) in [7, 11) is 0. The average Bonchev–Trinajstić information content (AvgIpc) is 2.82. The first-order valence-electron chi connectivity index (χ1n) is 5.42. The van der Waals surface area contributed by atoms with Crippen molar-refractivity contribution in [1.29, 1.82) is 0 Å². The van der Waals surface area contributed by atoms with E-state index in [1.165, 1.54) is 6.26 Å². The summed E-state index contributed by atoms with van der Waals surface area (Å²) in [4.78, 5) is 15.2. The minimum atomic E-state index is -1.15. The van der Waals surface area contributed by atoms with Crippen molar-refractivity contribution in [2.24, 2.45) is 0 Å². The van der Waals surface area contributed by atoms with E-state index in [2.05, 4.69) is 10.3 Å². The van der Waals surface area contributed by atoms with Gasteiger partial charge in [0.1, 0.15) is 12.0 Å². The second kappa shape index (κ2) is 4.06. The molecule has 2 N–H and O–H groups in total. The van der Waals surface area contributed by atoms with E-state index in [1.54, 1.807) is 6.20 Å². The lowest BCUT2D eigenvalue weighted by molar-refractivity contribution is 0.0651. The van der Waals surface area contributed by atoms with Crippen LogP contribution in [0, 0.1) is 0 Å². The number of carbonyl (C=O) groups is 1. The van der Waals surface area contributed by atoms with E-state index < -0.39 is 5.97 Å². The number of hydrogen-bond acceptors (Lipinski definition) is 5. The predicted octanol–water partition coefficient (Wildman–Crippen LogP) is 1.92. The highest BCUT2D eigenvalue weighted by Crippen LogP contribution is 2.38. The summed E-state index contributed by atoms with van der Waals surface area (Å²) in [6.07, 6.45) is 2.68. The Morgan fingerprint density at radius 1 is 1.50 bits per heavy atom. The molecule has 0 amide bonds. The summed E-state index contributed by atoms with van der Waals surface area (Å²) < 4.78 is 10.6. The highest BCUT2D eigenvalue weighted by Gasteiger charge is 2.29. The molecule has 2 aromatic heterocycles.